The fraction of sp³-hybridized carbons (Fsp3) is 0.152. The molecule has 0 spiro atoms. The Morgan fingerprint density at radius 1 is 0.231 bits per heavy atom. The summed E-state index contributed by atoms with van der Waals surface area (Å²) in [4.78, 5) is 21.2. The summed E-state index contributed by atoms with van der Waals surface area (Å²) in [5.41, 5.74) is 38.1. The lowest BCUT2D eigenvalue weighted by molar-refractivity contribution is -0.749. The molecule has 0 N–H and O–H groups in total. The smallest absolute Gasteiger partial charge is 0.204 e. The SMILES string of the molecule is [C-]#[N+]c1ccc2c[n+]3n(c2c1)-c1c(C)cc(C)cc1C3.[C-]#[N+]c1ccc2c[n+]3n(c2c1)-c1c(C)cccc1C3.[C-]#[N+]c1ccc2c[n+]3n(c2c1)-c1cc(C)c(C)cc1C3.[C-]#[N+]c1ccc2c[n+]3n(c2c1)-c1cc(C)cc(C)c1C3.[C-]#[N+]c1ccc2c[n+]3n(c2c1)-c1cc(C)ccc1C3.[C-]#[N+]c1ccc2c[n+]3n(c2c1)-c1ccc(C)cc1C3. The largest absolute Gasteiger partial charge is 0.238 e. The molecule has 0 radical (unpaired) electrons. The minimum atomic E-state index is 0.689. The predicted molar refractivity (Wildman–Crippen MR) is 456 cm³/mol. The van der Waals surface area contributed by atoms with E-state index in [1.807, 2.05) is 109 Å². The average molecular weight is 1520 g/mol. The molecule has 0 unspecified atom stereocenters. The molecule has 24 rings (SSSR count). The van der Waals surface area contributed by atoms with Crippen molar-refractivity contribution in [2.24, 2.45) is 0 Å². The summed E-state index contributed by atoms with van der Waals surface area (Å²) in [5, 5.41) is 7.09. The van der Waals surface area contributed by atoms with Crippen LogP contribution in [-0.4, -0.2) is 28.1 Å². The summed E-state index contributed by atoms with van der Waals surface area (Å²) in [6.07, 6.45) is 12.9. The van der Waals surface area contributed by atoms with Crippen LogP contribution in [0.1, 0.15) is 83.5 Å². The normalized spacial score (nSPS) is 12.2. The lowest BCUT2D eigenvalue weighted by Gasteiger charge is -2.04. The van der Waals surface area contributed by atoms with Crippen LogP contribution in [0, 0.1) is 102 Å². The van der Waals surface area contributed by atoms with Gasteiger partial charge in [-0.25, -0.2) is 29.1 Å². The number of rotatable bonds is 0. The fourth-order valence-corrected chi connectivity index (χ4v) is 18.0. The number of nitrogens with zero attached hydrogens (tertiary/aromatic N) is 18. The Morgan fingerprint density at radius 3 is 1.04 bits per heavy atom. The highest BCUT2D eigenvalue weighted by Crippen LogP contribution is 2.37. The van der Waals surface area contributed by atoms with Crippen LogP contribution in [0.4, 0.5) is 34.1 Å². The highest BCUT2D eigenvalue weighted by molar-refractivity contribution is 5.89. The van der Waals surface area contributed by atoms with Gasteiger partial charge in [-0.1, -0.05) is 132 Å². The van der Waals surface area contributed by atoms with Crippen LogP contribution >= 0.6 is 0 Å². The molecule has 6 aromatic heterocycles. The molecular formula is C99H78N18+6. The van der Waals surface area contributed by atoms with E-state index in [1.54, 1.807) is 0 Å². The maximum absolute atomic E-state index is 7.19. The molecule has 12 heterocycles. The van der Waals surface area contributed by atoms with Crippen LogP contribution in [0.25, 0.3) is 129 Å². The summed E-state index contributed by atoms with van der Waals surface area (Å²) in [7, 11) is 0. The first kappa shape index (κ1) is 71.7. The average Bonchev–Trinajstić information content (AvgIpc) is 1.73. The van der Waals surface area contributed by atoms with E-state index >= 15 is 0 Å². The molecule has 18 heteroatoms. The van der Waals surface area contributed by atoms with Gasteiger partial charge in [0.25, 0.3) is 0 Å². The zero-order valence-corrected chi connectivity index (χ0v) is 66.3. The number of para-hydroxylation sites is 1. The first-order valence-electron chi connectivity index (χ1n) is 39.0. The van der Waals surface area contributed by atoms with E-state index in [4.69, 9.17) is 39.4 Å². The zero-order chi connectivity index (χ0) is 80.5. The summed E-state index contributed by atoms with van der Waals surface area (Å²) in [6, 6.07) is 68.3. The number of aryl methyl sites for hydroxylation is 9. The lowest BCUT2D eigenvalue weighted by atomic mass is 10.0. The van der Waals surface area contributed by atoms with E-state index in [-0.39, 0.29) is 0 Å². The molecule has 6 aliphatic rings. The standard InChI is InChI=1S/3C17H14N3.3C16H12N3/c1-11-6-14-10-19-9-13-4-5-15(18-3)8-17(13)20(19)16(14)7-12(11)2;1-11-6-12(2)17-14(7-11)10-19-9-13-4-5-15(18-3)8-16(13)20(17)19;1-11-6-12(2)15-10-19-9-13-4-5-14(18-3)8-16(13)20(19)17(15)7-11;1-11-3-6-15-13(7-11)10-18-9-12-4-5-14(17-2)8-16(12)19(15)18;1-11-3-4-12-9-18-10-13-5-6-14(17-2)8-16(13)19(18)15(12)7-11;1-11-4-3-5-13-10-18-9-12-6-7-14(17-2)8-15(12)19(18)16(11)13/h3*4-9H,10H2,1-2H3;3-9H,10H2,1H3;3-8,10H,9H2,1H3;3-9H,10H2,1H3/q6*+1. The van der Waals surface area contributed by atoms with Gasteiger partial charge in [0.1, 0.15) is 67.2 Å². The van der Waals surface area contributed by atoms with Gasteiger partial charge in [0.2, 0.25) is 37.2 Å². The van der Waals surface area contributed by atoms with E-state index < -0.39 is 0 Å². The molecule has 558 valence electrons. The molecule has 0 atom stereocenters. The molecule has 18 aromatic rings. The van der Waals surface area contributed by atoms with E-state index in [0.717, 1.165) is 72.4 Å². The molecule has 0 saturated heterocycles. The third kappa shape index (κ3) is 12.2. The Balaban J connectivity index is 0.0000000935. The van der Waals surface area contributed by atoms with E-state index in [2.05, 4.69) is 276 Å². The number of hydrogen-bond donors (Lipinski definition) is 0. The minimum absolute atomic E-state index is 0.689. The van der Waals surface area contributed by atoms with Crippen LogP contribution in [0.15, 0.2) is 237 Å². The van der Waals surface area contributed by atoms with Crippen molar-refractivity contribution in [2.45, 2.75) is 102 Å². The number of benzene rings is 12. The number of aromatic nitrogens is 12. The van der Waals surface area contributed by atoms with Crippen molar-refractivity contribution in [3.63, 3.8) is 0 Å². The highest BCUT2D eigenvalue weighted by atomic mass is 15.5. The molecule has 0 amide bonds. The van der Waals surface area contributed by atoms with Gasteiger partial charge in [-0.3, -0.25) is 0 Å². The van der Waals surface area contributed by atoms with Crippen LogP contribution in [0.5, 0.6) is 0 Å². The van der Waals surface area contributed by atoms with Gasteiger partial charge < -0.3 is 0 Å². The summed E-state index contributed by atoms with van der Waals surface area (Å²) < 4.78 is 26.7. The maximum atomic E-state index is 7.19. The summed E-state index contributed by atoms with van der Waals surface area (Å²) in [5.74, 6) is 0. The van der Waals surface area contributed by atoms with Crippen LogP contribution in [0.2, 0.25) is 0 Å². The summed E-state index contributed by atoms with van der Waals surface area (Å²) in [6.45, 7) is 67.7. The maximum Gasteiger partial charge on any atom is 0.204 e. The lowest BCUT2D eigenvalue weighted by Crippen LogP contribution is -2.36. The minimum Gasteiger partial charge on any atom is -0.238 e. The van der Waals surface area contributed by atoms with E-state index in [1.165, 1.54) is 150 Å². The zero-order valence-electron chi connectivity index (χ0n) is 66.3. The van der Waals surface area contributed by atoms with Crippen molar-refractivity contribution in [3.8, 4) is 34.1 Å². The Hall–Kier alpha value is -15.6. The topological polar surface area (TPSA) is 79.0 Å². The Kier molecular flexibility index (Phi) is 17.1. The van der Waals surface area contributed by atoms with Crippen LogP contribution in [0.3, 0.4) is 0 Å². The monoisotopic (exact) mass is 1520 g/mol. The highest BCUT2D eigenvalue weighted by Gasteiger charge is 2.36. The Labute approximate surface area is 676 Å². The first-order chi connectivity index (χ1) is 56.8. The molecule has 18 nitrogen and oxygen atoms in total. The molecule has 0 bridgehead atoms. The van der Waals surface area contributed by atoms with Crippen molar-refractivity contribution >= 4 is 99.5 Å². The van der Waals surface area contributed by atoms with Gasteiger partial charge in [0.15, 0.2) is 73.4 Å². The number of fused-ring (bicyclic) bond motifs is 30. The molecule has 117 heavy (non-hydrogen) atoms. The van der Waals surface area contributed by atoms with Gasteiger partial charge in [0.05, 0.1) is 77.3 Å². The predicted octanol–water partition coefficient (Wildman–Crippen LogP) is 19.8. The molecule has 6 aliphatic heterocycles. The third-order valence-corrected chi connectivity index (χ3v) is 23.4. The van der Waals surface area contributed by atoms with Crippen molar-refractivity contribution < 1.29 is 28.1 Å². The quantitative estimate of drug-likeness (QED) is 0.107. The van der Waals surface area contributed by atoms with E-state index in [9.17, 15) is 0 Å². The first-order valence-corrected chi connectivity index (χ1v) is 39.0. The van der Waals surface area contributed by atoms with Gasteiger partial charge in [-0.15, -0.1) is 56.2 Å². The van der Waals surface area contributed by atoms with E-state index in [0.29, 0.717) is 34.1 Å². The molecule has 0 fully saturated rings. The van der Waals surface area contributed by atoms with Crippen molar-refractivity contribution in [3.05, 3.63) is 389 Å². The van der Waals surface area contributed by atoms with Gasteiger partial charge in [-0.2, -0.15) is 0 Å². The molecular weight excluding hydrogens is 1440 g/mol. The van der Waals surface area contributed by atoms with Crippen LogP contribution < -0.4 is 28.1 Å². The second-order valence-corrected chi connectivity index (χ2v) is 31.4. The van der Waals surface area contributed by atoms with Crippen molar-refractivity contribution in [1.82, 2.24) is 28.1 Å². The molecule has 12 aromatic carbocycles. The van der Waals surface area contributed by atoms with Crippen molar-refractivity contribution in [1.29, 1.82) is 0 Å². The van der Waals surface area contributed by atoms with Crippen molar-refractivity contribution in [2.75, 3.05) is 0 Å². The molecule has 0 aliphatic carbocycles. The van der Waals surface area contributed by atoms with Gasteiger partial charge in [0, 0.05) is 27.8 Å². The second kappa shape index (κ2) is 27.9. The molecule has 0 saturated carbocycles. The number of hydrogen-bond acceptors (Lipinski definition) is 0. The Bertz CT molecular complexity index is 7660. The second-order valence-electron chi connectivity index (χ2n) is 31.4. The van der Waals surface area contributed by atoms with Crippen LogP contribution in [-0.2, 0) is 39.3 Å². The fourth-order valence-electron chi connectivity index (χ4n) is 18.0. The van der Waals surface area contributed by atoms with Gasteiger partial charge >= 0.3 is 0 Å². The summed E-state index contributed by atoms with van der Waals surface area (Å²) >= 11 is 0. The third-order valence-electron chi connectivity index (χ3n) is 23.4. The van der Waals surface area contributed by atoms with Gasteiger partial charge in [-0.05, 0) is 180 Å². The Morgan fingerprint density at radius 2 is 0.564 bits per heavy atom.